The van der Waals surface area contributed by atoms with Crippen LogP contribution in [0.4, 0.5) is 5.69 Å². The molecule has 2 aromatic heterocycles. The Morgan fingerprint density at radius 1 is 1.10 bits per heavy atom. The quantitative estimate of drug-likeness (QED) is 0.645. The van der Waals surface area contributed by atoms with Crippen molar-refractivity contribution >= 4 is 11.6 Å². The van der Waals surface area contributed by atoms with Crippen LogP contribution in [-0.2, 0) is 4.79 Å². The molecule has 1 aliphatic rings. The Balaban J connectivity index is 1.45. The first kappa shape index (κ1) is 19.8. The molecule has 0 spiro atoms. The van der Waals surface area contributed by atoms with Crippen LogP contribution in [0.5, 0.6) is 5.75 Å². The summed E-state index contributed by atoms with van der Waals surface area (Å²) in [4.78, 5) is 29.4. The molecule has 8 heteroatoms. The van der Waals surface area contributed by atoms with Gasteiger partial charge in [0.25, 0.3) is 5.56 Å². The Morgan fingerprint density at radius 3 is 2.60 bits per heavy atom. The lowest BCUT2D eigenvalue weighted by Gasteiger charge is -2.37. The number of nitrogens with zero attached hydrogens (tertiary/aromatic N) is 4. The predicted molar refractivity (Wildman–Crippen MR) is 113 cm³/mol. The van der Waals surface area contributed by atoms with Crippen molar-refractivity contribution in [1.29, 1.82) is 0 Å². The number of hydrogen-bond acceptors (Lipinski definition) is 6. The second-order valence-corrected chi connectivity index (χ2v) is 7.17. The van der Waals surface area contributed by atoms with Crippen molar-refractivity contribution in [3.05, 3.63) is 65.1 Å². The summed E-state index contributed by atoms with van der Waals surface area (Å²) < 4.78 is 11.9. The summed E-state index contributed by atoms with van der Waals surface area (Å²) in [6, 6.07) is 13.7. The molecular formula is C22H24N4O4. The first-order chi connectivity index (χ1) is 14.6. The Hall–Kier alpha value is -3.55. The van der Waals surface area contributed by atoms with E-state index in [1.165, 1.54) is 10.7 Å². The third-order valence-electron chi connectivity index (χ3n) is 5.33. The Kier molecular flexibility index (Phi) is 5.56. The molecule has 1 aromatic carbocycles. The van der Waals surface area contributed by atoms with Gasteiger partial charge in [0.05, 0.1) is 13.4 Å². The minimum Gasteiger partial charge on any atom is -0.497 e. The molecule has 3 heterocycles. The number of hydrogen-bond donors (Lipinski definition) is 0. The zero-order valence-electron chi connectivity index (χ0n) is 17.0. The number of methoxy groups -OCH3 is 1. The zero-order valence-corrected chi connectivity index (χ0v) is 17.0. The average molecular weight is 408 g/mol. The summed E-state index contributed by atoms with van der Waals surface area (Å²) in [7, 11) is 1.65. The summed E-state index contributed by atoms with van der Waals surface area (Å²) in [5.74, 6) is 1.24. The molecule has 1 amide bonds. The number of carbonyl (C=O) groups excluding carboxylic acids is 1. The third kappa shape index (κ3) is 3.94. The van der Waals surface area contributed by atoms with Crippen LogP contribution in [0.3, 0.4) is 0 Å². The van der Waals surface area contributed by atoms with Crippen LogP contribution in [0.1, 0.15) is 13.0 Å². The number of piperazine rings is 1. The molecule has 3 aromatic rings. The predicted octanol–water partition coefficient (Wildman–Crippen LogP) is 2.42. The molecule has 1 atom stereocenters. The molecule has 8 nitrogen and oxygen atoms in total. The van der Waals surface area contributed by atoms with Crippen molar-refractivity contribution in [2.24, 2.45) is 0 Å². The Labute approximate surface area is 174 Å². The van der Waals surface area contributed by atoms with Gasteiger partial charge in [-0.1, -0.05) is 6.07 Å². The zero-order chi connectivity index (χ0) is 21.1. The fourth-order valence-corrected chi connectivity index (χ4v) is 3.62. The van der Waals surface area contributed by atoms with Gasteiger partial charge in [0.1, 0.15) is 17.5 Å². The summed E-state index contributed by atoms with van der Waals surface area (Å²) in [6.45, 7) is 4.28. The number of anilines is 1. The van der Waals surface area contributed by atoms with E-state index in [0.29, 0.717) is 37.6 Å². The van der Waals surface area contributed by atoms with Crippen molar-refractivity contribution < 1.29 is 13.9 Å². The van der Waals surface area contributed by atoms with Gasteiger partial charge in [0, 0.05) is 44.0 Å². The highest BCUT2D eigenvalue weighted by Gasteiger charge is 2.27. The molecule has 1 saturated heterocycles. The normalized spacial score (nSPS) is 15.1. The highest BCUT2D eigenvalue weighted by Crippen LogP contribution is 2.23. The van der Waals surface area contributed by atoms with Crippen molar-refractivity contribution in [3.63, 3.8) is 0 Å². The number of carbonyl (C=O) groups is 1. The molecule has 4 rings (SSSR count). The van der Waals surface area contributed by atoms with Crippen LogP contribution < -0.4 is 15.2 Å². The van der Waals surface area contributed by atoms with E-state index in [2.05, 4.69) is 10.00 Å². The maximum Gasteiger partial charge on any atom is 0.267 e. The molecule has 1 unspecified atom stereocenters. The van der Waals surface area contributed by atoms with E-state index in [4.69, 9.17) is 9.15 Å². The number of furan rings is 1. The van der Waals surface area contributed by atoms with E-state index in [1.807, 2.05) is 24.3 Å². The van der Waals surface area contributed by atoms with E-state index in [-0.39, 0.29) is 11.5 Å². The standard InChI is InChI=1S/C22H24N4O4/c1-16(26-21(27)9-8-19(23-26)20-7-4-14-30-20)22(28)25-12-10-24(11-13-25)17-5-3-6-18(15-17)29-2/h3-9,14-16H,10-13H2,1-2H3. The third-order valence-corrected chi connectivity index (χ3v) is 5.33. The largest absolute Gasteiger partial charge is 0.497 e. The minimum absolute atomic E-state index is 0.119. The van der Waals surface area contributed by atoms with Crippen LogP contribution >= 0.6 is 0 Å². The molecule has 0 bridgehead atoms. The van der Waals surface area contributed by atoms with Crippen molar-refractivity contribution in [3.8, 4) is 17.2 Å². The van der Waals surface area contributed by atoms with E-state index >= 15 is 0 Å². The lowest BCUT2D eigenvalue weighted by Crippen LogP contribution is -2.51. The molecule has 1 fully saturated rings. The number of benzene rings is 1. The number of aromatic nitrogens is 2. The number of ether oxygens (including phenoxy) is 1. The van der Waals surface area contributed by atoms with Gasteiger partial charge in [-0.2, -0.15) is 5.10 Å². The summed E-state index contributed by atoms with van der Waals surface area (Å²) in [6.07, 6.45) is 1.54. The summed E-state index contributed by atoms with van der Waals surface area (Å²) in [5, 5.41) is 4.35. The molecular weight excluding hydrogens is 384 g/mol. The van der Waals surface area contributed by atoms with Gasteiger partial charge in [0.2, 0.25) is 5.91 Å². The smallest absolute Gasteiger partial charge is 0.267 e. The van der Waals surface area contributed by atoms with E-state index in [1.54, 1.807) is 43.4 Å². The first-order valence-electron chi connectivity index (χ1n) is 9.88. The van der Waals surface area contributed by atoms with Gasteiger partial charge < -0.3 is 19.0 Å². The van der Waals surface area contributed by atoms with Gasteiger partial charge in [-0.15, -0.1) is 0 Å². The van der Waals surface area contributed by atoms with Crippen LogP contribution in [0.15, 0.2) is 64.0 Å². The molecule has 0 radical (unpaired) electrons. The highest BCUT2D eigenvalue weighted by atomic mass is 16.5. The molecule has 0 saturated carbocycles. The Morgan fingerprint density at radius 2 is 1.90 bits per heavy atom. The van der Waals surface area contributed by atoms with Crippen molar-refractivity contribution in [2.45, 2.75) is 13.0 Å². The van der Waals surface area contributed by atoms with Crippen LogP contribution in [-0.4, -0.2) is 53.9 Å². The monoisotopic (exact) mass is 408 g/mol. The number of amides is 1. The fraction of sp³-hybridized carbons (Fsp3) is 0.318. The van der Waals surface area contributed by atoms with Gasteiger partial charge in [-0.05, 0) is 37.3 Å². The van der Waals surface area contributed by atoms with Crippen molar-refractivity contribution in [1.82, 2.24) is 14.7 Å². The summed E-state index contributed by atoms with van der Waals surface area (Å²) in [5.41, 5.74) is 1.27. The van der Waals surface area contributed by atoms with E-state index < -0.39 is 6.04 Å². The van der Waals surface area contributed by atoms with Crippen LogP contribution in [0.25, 0.3) is 11.5 Å². The minimum atomic E-state index is -0.698. The van der Waals surface area contributed by atoms with E-state index in [0.717, 1.165) is 11.4 Å². The van der Waals surface area contributed by atoms with Gasteiger partial charge >= 0.3 is 0 Å². The molecule has 156 valence electrons. The second kappa shape index (κ2) is 8.44. The maximum atomic E-state index is 13.1. The molecule has 0 aliphatic carbocycles. The van der Waals surface area contributed by atoms with Crippen LogP contribution in [0, 0.1) is 0 Å². The van der Waals surface area contributed by atoms with Gasteiger partial charge in [0.15, 0.2) is 5.76 Å². The lowest BCUT2D eigenvalue weighted by molar-refractivity contribution is -0.135. The number of rotatable bonds is 5. The van der Waals surface area contributed by atoms with E-state index in [9.17, 15) is 9.59 Å². The Bertz CT molecular complexity index is 1070. The fourth-order valence-electron chi connectivity index (χ4n) is 3.62. The molecule has 30 heavy (non-hydrogen) atoms. The first-order valence-corrected chi connectivity index (χ1v) is 9.88. The second-order valence-electron chi connectivity index (χ2n) is 7.17. The average Bonchev–Trinajstić information content (AvgIpc) is 3.33. The topological polar surface area (TPSA) is 80.8 Å². The maximum absolute atomic E-state index is 13.1. The van der Waals surface area contributed by atoms with Crippen molar-refractivity contribution in [2.75, 3.05) is 38.2 Å². The lowest BCUT2D eigenvalue weighted by atomic mass is 10.2. The van der Waals surface area contributed by atoms with Gasteiger partial charge in [-0.25, -0.2) is 4.68 Å². The molecule has 0 N–H and O–H groups in total. The highest BCUT2D eigenvalue weighted by molar-refractivity contribution is 5.80. The van der Waals surface area contributed by atoms with Gasteiger partial charge in [-0.3, -0.25) is 9.59 Å². The van der Waals surface area contributed by atoms with Crippen LogP contribution in [0.2, 0.25) is 0 Å². The SMILES string of the molecule is COc1cccc(N2CCN(C(=O)C(C)n3nc(-c4ccco4)ccc3=O)CC2)c1. The molecule has 1 aliphatic heterocycles. The summed E-state index contributed by atoms with van der Waals surface area (Å²) >= 11 is 0.